The van der Waals surface area contributed by atoms with Crippen molar-refractivity contribution in [1.29, 1.82) is 0 Å². The summed E-state index contributed by atoms with van der Waals surface area (Å²) >= 11 is 1.69. The summed E-state index contributed by atoms with van der Waals surface area (Å²) in [5.41, 5.74) is 0.846. The van der Waals surface area contributed by atoms with Crippen LogP contribution in [0.3, 0.4) is 0 Å². The van der Waals surface area contributed by atoms with Crippen LogP contribution < -0.4 is 0 Å². The second kappa shape index (κ2) is 5.78. The highest BCUT2D eigenvalue weighted by Crippen LogP contribution is 2.31. The van der Waals surface area contributed by atoms with Gasteiger partial charge in [0.1, 0.15) is 0 Å². The first-order chi connectivity index (χ1) is 9.72. The van der Waals surface area contributed by atoms with Gasteiger partial charge in [0.05, 0.1) is 0 Å². The molecule has 4 heteroatoms. The first kappa shape index (κ1) is 14.0. The first-order valence-corrected chi connectivity index (χ1v) is 8.64. The van der Waals surface area contributed by atoms with Gasteiger partial charge in [-0.2, -0.15) is 0 Å². The van der Waals surface area contributed by atoms with Gasteiger partial charge in [-0.1, -0.05) is 13.0 Å². The van der Waals surface area contributed by atoms with Crippen LogP contribution in [0.15, 0.2) is 29.2 Å². The van der Waals surface area contributed by atoms with E-state index in [0.717, 1.165) is 42.9 Å². The van der Waals surface area contributed by atoms with Gasteiger partial charge in [-0.25, -0.2) is 0 Å². The van der Waals surface area contributed by atoms with Crippen LogP contribution in [0.25, 0.3) is 0 Å². The normalized spacial score (nSPS) is 26.0. The molecule has 1 amide bonds. The molecule has 1 aromatic carbocycles. The topological polar surface area (TPSA) is 23.6 Å². The van der Waals surface area contributed by atoms with Gasteiger partial charge >= 0.3 is 0 Å². The number of likely N-dealkylation sites (N-methyl/N-ethyl adjacent to an activating group) is 1. The molecule has 2 aliphatic heterocycles. The molecule has 2 atom stereocenters. The van der Waals surface area contributed by atoms with E-state index in [0.29, 0.717) is 12.1 Å². The summed E-state index contributed by atoms with van der Waals surface area (Å²) in [6, 6.07) is 8.86. The minimum atomic E-state index is 0.226. The highest BCUT2D eigenvalue weighted by atomic mass is 32.2. The molecular formula is C16H22N2OS. The molecule has 2 bridgehead atoms. The maximum Gasteiger partial charge on any atom is 0.254 e. The monoisotopic (exact) mass is 290 g/mol. The number of benzene rings is 1. The van der Waals surface area contributed by atoms with E-state index < -0.39 is 0 Å². The van der Waals surface area contributed by atoms with E-state index in [1.54, 1.807) is 11.8 Å². The smallest absolute Gasteiger partial charge is 0.254 e. The number of carbonyl (C=O) groups is 1. The standard InChI is InChI=1S/C16H22N2OS/c1-3-17-10-13-7-8-14(11-17)18(13)16(19)12-5-4-6-15(9-12)20-2/h4-6,9,13-14H,3,7-8,10-11H2,1-2H3. The number of hydrogen-bond acceptors (Lipinski definition) is 3. The molecule has 108 valence electrons. The van der Waals surface area contributed by atoms with Crippen LogP contribution in [0, 0.1) is 0 Å². The highest BCUT2D eigenvalue weighted by molar-refractivity contribution is 7.98. The van der Waals surface area contributed by atoms with E-state index in [1.165, 1.54) is 0 Å². The number of carbonyl (C=O) groups excluding carboxylic acids is 1. The van der Waals surface area contributed by atoms with E-state index in [4.69, 9.17) is 0 Å². The molecule has 3 nitrogen and oxygen atoms in total. The summed E-state index contributed by atoms with van der Waals surface area (Å²) in [5.74, 6) is 0.226. The Morgan fingerprint density at radius 2 is 2.00 bits per heavy atom. The van der Waals surface area contributed by atoms with Crippen molar-refractivity contribution in [3.05, 3.63) is 29.8 Å². The number of hydrogen-bond donors (Lipinski definition) is 0. The molecule has 0 saturated carbocycles. The Morgan fingerprint density at radius 1 is 1.30 bits per heavy atom. The molecule has 0 spiro atoms. The van der Waals surface area contributed by atoms with E-state index >= 15 is 0 Å². The summed E-state index contributed by atoms with van der Waals surface area (Å²) in [7, 11) is 0. The number of nitrogens with zero attached hydrogens (tertiary/aromatic N) is 2. The molecular weight excluding hydrogens is 268 g/mol. The Balaban J connectivity index is 1.81. The minimum Gasteiger partial charge on any atom is -0.330 e. The van der Waals surface area contributed by atoms with Gasteiger partial charge in [0.15, 0.2) is 0 Å². The zero-order chi connectivity index (χ0) is 14.1. The van der Waals surface area contributed by atoms with Crippen molar-refractivity contribution in [3.8, 4) is 0 Å². The molecule has 2 aliphatic rings. The van der Waals surface area contributed by atoms with Gasteiger partial charge in [-0.15, -0.1) is 11.8 Å². The molecule has 1 aromatic rings. The van der Waals surface area contributed by atoms with Crippen LogP contribution >= 0.6 is 11.8 Å². The average Bonchev–Trinajstić information content (AvgIpc) is 2.76. The predicted molar refractivity (Wildman–Crippen MR) is 83.3 cm³/mol. The fourth-order valence-corrected chi connectivity index (χ4v) is 3.94. The van der Waals surface area contributed by atoms with Crippen molar-refractivity contribution in [2.45, 2.75) is 36.7 Å². The van der Waals surface area contributed by atoms with Crippen molar-refractivity contribution in [2.24, 2.45) is 0 Å². The molecule has 20 heavy (non-hydrogen) atoms. The molecule has 0 radical (unpaired) electrons. The molecule has 2 fully saturated rings. The predicted octanol–water partition coefficient (Wildman–Crippen LogP) is 2.72. The Bertz CT molecular complexity index is 491. The Hall–Kier alpha value is -1.00. The second-order valence-corrected chi connectivity index (χ2v) is 6.56. The lowest BCUT2D eigenvalue weighted by Crippen LogP contribution is -2.55. The summed E-state index contributed by atoms with van der Waals surface area (Å²) in [5, 5.41) is 0. The zero-order valence-corrected chi connectivity index (χ0v) is 13.0. The maximum absolute atomic E-state index is 12.8. The number of thioether (sulfide) groups is 1. The molecule has 0 aromatic heterocycles. The van der Waals surface area contributed by atoms with Crippen LogP contribution in [-0.2, 0) is 0 Å². The van der Waals surface area contributed by atoms with Crippen molar-refractivity contribution in [3.63, 3.8) is 0 Å². The van der Waals surface area contributed by atoms with Crippen molar-refractivity contribution < 1.29 is 4.79 Å². The number of amides is 1. The van der Waals surface area contributed by atoms with Crippen LogP contribution in [0.1, 0.15) is 30.1 Å². The Morgan fingerprint density at radius 3 is 2.60 bits per heavy atom. The van der Waals surface area contributed by atoms with Crippen LogP contribution in [0.5, 0.6) is 0 Å². The van der Waals surface area contributed by atoms with Gasteiger partial charge in [-0.05, 0) is 43.8 Å². The quantitative estimate of drug-likeness (QED) is 0.800. The molecule has 2 saturated heterocycles. The van der Waals surface area contributed by atoms with E-state index in [9.17, 15) is 4.79 Å². The Labute approximate surface area is 125 Å². The molecule has 2 unspecified atom stereocenters. The SMILES string of the molecule is CCN1CC2CCC(C1)N2C(=O)c1cccc(SC)c1. The van der Waals surface area contributed by atoms with Gasteiger partial charge in [-0.3, -0.25) is 9.69 Å². The average molecular weight is 290 g/mol. The lowest BCUT2D eigenvalue weighted by atomic mass is 10.1. The fourth-order valence-electron chi connectivity index (χ4n) is 3.49. The lowest BCUT2D eigenvalue weighted by Gasteiger charge is -2.40. The van der Waals surface area contributed by atoms with Gasteiger partial charge < -0.3 is 4.90 Å². The number of rotatable bonds is 3. The summed E-state index contributed by atoms with van der Waals surface area (Å²) < 4.78 is 0. The molecule has 3 rings (SSSR count). The lowest BCUT2D eigenvalue weighted by molar-refractivity contribution is 0.0433. The number of piperazine rings is 1. The van der Waals surface area contributed by atoms with Crippen molar-refractivity contribution >= 4 is 17.7 Å². The summed E-state index contributed by atoms with van der Waals surface area (Å²) in [6.45, 7) is 5.39. The van der Waals surface area contributed by atoms with Gasteiger partial charge in [0.25, 0.3) is 5.91 Å². The number of fused-ring (bicyclic) bond motifs is 2. The van der Waals surface area contributed by atoms with Crippen molar-refractivity contribution in [2.75, 3.05) is 25.9 Å². The summed E-state index contributed by atoms with van der Waals surface area (Å²) in [4.78, 5) is 18.6. The second-order valence-electron chi connectivity index (χ2n) is 5.68. The van der Waals surface area contributed by atoms with E-state index in [1.807, 2.05) is 24.5 Å². The highest BCUT2D eigenvalue weighted by Gasteiger charge is 2.42. The van der Waals surface area contributed by atoms with Crippen LogP contribution in [-0.4, -0.2) is 53.7 Å². The third kappa shape index (κ3) is 2.47. The maximum atomic E-state index is 12.8. The molecule has 0 N–H and O–H groups in total. The van der Waals surface area contributed by atoms with E-state index in [2.05, 4.69) is 22.8 Å². The minimum absolute atomic E-state index is 0.226. The van der Waals surface area contributed by atoms with Gasteiger partial charge in [0, 0.05) is 35.6 Å². The largest absolute Gasteiger partial charge is 0.330 e. The van der Waals surface area contributed by atoms with Gasteiger partial charge in [0.2, 0.25) is 0 Å². The van der Waals surface area contributed by atoms with Crippen molar-refractivity contribution in [1.82, 2.24) is 9.80 Å². The third-order valence-corrected chi connectivity index (χ3v) is 5.28. The third-order valence-electron chi connectivity index (χ3n) is 4.56. The van der Waals surface area contributed by atoms with Crippen LogP contribution in [0.4, 0.5) is 0 Å². The summed E-state index contributed by atoms with van der Waals surface area (Å²) in [6.07, 6.45) is 4.37. The van der Waals surface area contributed by atoms with E-state index in [-0.39, 0.29) is 5.91 Å². The fraction of sp³-hybridized carbons (Fsp3) is 0.562. The molecule has 0 aliphatic carbocycles. The van der Waals surface area contributed by atoms with Crippen LogP contribution in [0.2, 0.25) is 0 Å². The zero-order valence-electron chi connectivity index (χ0n) is 12.2. The molecule has 2 heterocycles. The Kier molecular flexibility index (Phi) is 4.03. The number of likely N-dealkylation sites (tertiary alicyclic amines) is 1. The first-order valence-electron chi connectivity index (χ1n) is 7.42.